The molecule has 0 spiro atoms. The van der Waals surface area contributed by atoms with E-state index in [4.69, 9.17) is 17.3 Å². The molecule has 1 fully saturated rings. The van der Waals surface area contributed by atoms with Gasteiger partial charge >= 0.3 is 0 Å². The van der Waals surface area contributed by atoms with E-state index in [9.17, 15) is 9.59 Å². The second-order valence-electron chi connectivity index (χ2n) is 6.66. The van der Waals surface area contributed by atoms with Gasteiger partial charge in [0.05, 0.1) is 5.69 Å². The summed E-state index contributed by atoms with van der Waals surface area (Å²) in [6, 6.07) is 7.56. The lowest BCUT2D eigenvalue weighted by molar-refractivity contribution is -0.133. The highest BCUT2D eigenvalue weighted by Gasteiger charge is 2.26. The van der Waals surface area contributed by atoms with Crippen LogP contribution >= 0.6 is 0 Å². The van der Waals surface area contributed by atoms with Gasteiger partial charge in [0.1, 0.15) is 6.10 Å². The van der Waals surface area contributed by atoms with Gasteiger partial charge in [-0.15, -0.1) is 6.42 Å². The zero-order chi connectivity index (χ0) is 19.6. The summed E-state index contributed by atoms with van der Waals surface area (Å²) in [7, 11) is 1.69. The number of likely N-dealkylation sites (tertiary alicyclic amines) is 1. The largest absolute Gasteiger partial charge is 0.383 e. The molecule has 1 aliphatic heterocycles. The van der Waals surface area contributed by atoms with Gasteiger partial charge in [0.15, 0.2) is 5.69 Å². The van der Waals surface area contributed by atoms with Crippen LogP contribution in [0.1, 0.15) is 40.2 Å². The van der Waals surface area contributed by atoms with Crippen molar-refractivity contribution in [1.29, 1.82) is 0 Å². The number of likely N-dealkylation sites (N-methyl/N-ethyl adjacent to an activating group) is 1. The van der Waals surface area contributed by atoms with Gasteiger partial charge in [0.2, 0.25) is 0 Å². The van der Waals surface area contributed by atoms with E-state index in [0.717, 1.165) is 41.8 Å². The smallest absolute Gasteiger partial charge is 0.269 e. The van der Waals surface area contributed by atoms with Crippen LogP contribution < -0.4 is 5.73 Å². The third-order valence-electron chi connectivity index (χ3n) is 4.82. The third kappa shape index (κ3) is 3.71. The fraction of sp³-hybridized carbons (Fsp3) is 0.350. The normalized spacial score (nSPS) is 17.9. The van der Waals surface area contributed by atoms with Crippen LogP contribution in [0.15, 0.2) is 24.3 Å². The Kier molecular flexibility index (Phi) is 5.28. The minimum Gasteiger partial charge on any atom is -0.383 e. The van der Waals surface area contributed by atoms with Crippen molar-refractivity contribution < 1.29 is 14.7 Å². The van der Waals surface area contributed by atoms with E-state index >= 15 is 0 Å². The Bertz CT molecular complexity index is 914. The van der Waals surface area contributed by atoms with E-state index in [0.29, 0.717) is 18.7 Å². The Hall–Kier alpha value is -3.11. The number of rotatable bonds is 2. The fourth-order valence-corrected chi connectivity index (χ4v) is 3.38. The van der Waals surface area contributed by atoms with E-state index in [1.54, 1.807) is 11.7 Å². The summed E-state index contributed by atoms with van der Waals surface area (Å²) < 4.78 is 1.79. The molecular weight excluding hydrogens is 344 g/mol. The van der Waals surface area contributed by atoms with Crippen molar-refractivity contribution in [3.63, 3.8) is 0 Å². The van der Waals surface area contributed by atoms with Crippen LogP contribution in [-0.4, -0.2) is 51.3 Å². The monoisotopic (exact) mass is 366 g/mol. The molecule has 140 valence electrons. The molecule has 2 amide bonds. The van der Waals surface area contributed by atoms with E-state index in [-0.39, 0.29) is 5.91 Å². The number of nitrogens with two attached hydrogens (primary N) is 1. The molecule has 1 aliphatic carbocycles. The summed E-state index contributed by atoms with van der Waals surface area (Å²) in [5.41, 5.74) is 9.50. The number of nitrogens with zero attached hydrogens (tertiary/aromatic N) is 3. The van der Waals surface area contributed by atoms with Crippen LogP contribution in [0.25, 0.3) is 5.69 Å². The van der Waals surface area contributed by atoms with Crippen LogP contribution in [0, 0.1) is 12.3 Å². The molecule has 2 aromatic rings. The molecule has 7 heteroatoms. The van der Waals surface area contributed by atoms with Crippen LogP contribution in [0.3, 0.4) is 0 Å². The van der Waals surface area contributed by atoms with Gasteiger partial charge in [-0.3, -0.25) is 9.59 Å². The maximum absolute atomic E-state index is 11.4. The van der Waals surface area contributed by atoms with Gasteiger partial charge in [-0.25, -0.2) is 4.68 Å². The second-order valence-corrected chi connectivity index (χ2v) is 6.66. The fourth-order valence-electron chi connectivity index (χ4n) is 3.38. The molecule has 1 aromatic heterocycles. The SMILES string of the molecule is C#Cc1cccc(-n2nc(C(N)=O)c3c2CCC3)c1.CN1CCC(O)C1=O. The molecule has 3 N–H and O–H groups in total. The van der Waals surface area contributed by atoms with Gasteiger partial charge in [0.25, 0.3) is 11.8 Å². The third-order valence-corrected chi connectivity index (χ3v) is 4.82. The quantitative estimate of drug-likeness (QED) is 0.762. The molecule has 0 radical (unpaired) electrons. The van der Waals surface area contributed by atoms with Gasteiger partial charge in [-0.2, -0.15) is 5.10 Å². The highest BCUT2D eigenvalue weighted by molar-refractivity contribution is 5.92. The molecule has 7 nitrogen and oxygen atoms in total. The Morgan fingerprint density at radius 2 is 2.19 bits per heavy atom. The van der Waals surface area contributed by atoms with Crippen molar-refractivity contribution in [3.05, 3.63) is 46.8 Å². The topological polar surface area (TPSA) is 101 Å². The van der Waals surface area contributed by atoms with E-state index in [1.165, 1.54) is 4.90 Å². The molecule has 27 heavy (non-hydrogen) atoms. The average molecular weight is 366 g/mol. The highest BCUT2D eigenvalue weighted by atomic mass is 16.3. The van der Waals surface area contributed by atoms with Crippen LogP contribution in [0.2, 0.25) is 0 Å². The zero-order valence-electron chi connectivity index (χ0n) is 15.2. The number of amides is 2. The minimum atomic E-state index is -0.722. The summed E-state index contributed by atoms with van der Waals surface area (Å²) >= 11 is 0. The summed E-state index contributed by atoms with van der Waals surface area (Å²) in [4.78, 5) is 23.6. The Morgan fingerprint density at radius 3 is 2.74 bits per heavy atom. The van der Waals surface area contributed by atoms with Crippen LogP contribution in [-0.2, 0) is 17.6 Å². The molecular formula is C20H22N4O3. The van der Waals surface area contributed by atoms with Crippen molar-refractivity contribution in [1.82, 2.24) is 14.7 Å². The molecule has 4 rings (SSSR count). The summed E-state index contributed by atoms with van der Waals surface area (Å²) in [6.07, 6.45) is 8.09. The lowest BCUT2D eigenvalue weighted by atomic mass is 10.2. The van der Waals surface area contributed by atoms with E-state index in [1.807, 2.05) is 24.3 Å². The van der Waals surface area contributed by atoms with E-state index in [2.05, 4.69) is 11.0 Å². The first kappa shape index (κ1) is 18.7. The molecule has 2 aliphatic rings. The van der Waals surface area contributed by atoms with E-state index < -0.39 is 12.0 Å². The molecule has 1 saturated heterocycles. The van der Waals surface area contributed by atoms with Crippen molar-refractivity contribution in [2.75, 3.05) is 13.6 Å². The standard InChI is InChI=1S/C15H13N3O.C5H9NO2/c1-2-10-5-3-6-11(9-10)18-13-8-4-7-12(13)14(17-18)15(16)19;1-6-3-2-4(7)5(6)8/h1,3,5-6,9H,4,7-8H2,(H2,16,19);4,7H,2-3H2,1H3. The number of primary amides is 1. The number of benzene rings is 1. The molecule has 0 saturated carbocycles. The maximum atomic E-state index is 11.4. The first-order chi connectivity index (χ1) is 12.9. The second kappa shape index (κ2) is 7.64. The van der Waals surface area contributed by atoms with Crippen LogP contribution in [0.4, 0.5) is 0 Å². The zero-order valence-corrected chi connectivity index (χ0v) is 15.2. The van der Waals surface area contributed by atoms with Crippen molar-refractivity contribution in [3.8, 4) is 18.0 Å². The van der Waals surface area contributed by atoms with Crippen molar-refractivity contribution >= 4 is 11.8 Å². The van der Waals surface area contributed by atoms with Crippen molar-refractivity contribution in [2.45, 2.75) is 31.8 Å². The number of hydrogen-bond acceptors (Lipinski definition) is 4. The number of aliphatic hydroxyl groups is 1. The Balaban J connectivity index is 0.000000221. The summed E-state index contributed by atoms with van der Waals surface area (Å²) in [5, 5.41) is 13.1. The number of fused-ring (bicyclic) bond motifs is 1. The number of carbonyl (C=O) groups excluding carboxylic acids is 2. The maximum Gasteiger partial charge on any atom is 0.269 e. The van der Waals surface area contributed by atoms with Gasteiger partial charge < -0.3 is 15.7 Å². The number of aromatic nitrogens is 2. The Morgan fingerprint density at radius 1 is 1.41 bits per heavy atom. The number of carbonyl (C=O) groups is 2. The molecule has 1 aromatic carbocycles. The highest BCUT2D eigenvalue weighted by Crippen LogP contribution is 2.27. The predicted octanol–water partition coefficient (Wildman–Crippen LogP) is 0.651. The molecule has 1 unspecified atom stereocenters. The lowest BCUT2D eigenvalue weighted by Crippen LogP contribution is -2.24. The van der Waals surface area contributed by atoms with Gasteiger partial charge in [-0.05, 0) is 43.9 Å². The minimum absolute atomic E-state index is 0.148. The first-order valence-electron chi connectivity index (χ1n) is 8.83. The molecule has 2 heterocycles. The molecule has 0 bridgehead atoms. The number of hydrogen-bond donors (Lipinski definition) is 2. The first-order valence-corrected chi connectivity index (χ1v) is 8.83. The van der Waals surface area contributed by atoms with Gasteiger partial charge in [-0.1, -0.05) is 12.0 Å². The van der Waals surface area contributed by atoms with Crippen LogP contribution in [0.5, 0.6) is 0 Å². The Labute approximate surface area is 157 Å². The summed E-state index contributed by atoms with van der Waals surface area (Å²) in [5.74, 6) is 1.99. The summed E-state index contributed by atoms with van der Waals surface area (Å²) in [6.45, 7) is 0.694. The molecule has 1 atom stereocenters. The number of aliphatic hydroxyl groups excluding tert-OH is 1. The lowest BCUT2D eigenvalue weighted by Gasteiger charge is -2.05. The van der Waals surface area contributed by atoms with Gasteiger partial charge in [0, 0.05) is 30.4 Å². The average Bonchev–Trinajstić information content (AvgIpc) is 3.34. The van der Waals surface area contributed by atoms with Crippen molar-refractivity contribution in [2.24, 2.45) is 5.73 Å². The predicted molar refractivity (Wildman–Crippen MR) is 100 cm³/mol. The number of terminal acetylenes is 1.